The molecule has 5 heteroatoms. The summed E-state index contributed by atoms with van der Waals surface area (Å²) in [5, 5.41) is 0. The zero-order valence-corrected chi connectivity index (χ0v) is 11.6. The van der Waals surface area contributed by atoms with Crippen LogP contribution in [-0.2, 0) is 6.61 Å². The van der Waals surface area contributed by atoms with Crippen LogP contribution in [0.15, 0.2) is 36.4 Å². The molecule has 2 N–H and O–H groups in total. The SMILES string of the molecule is Cc1cccc(OCc2cccc(C(N)=S)c2F)c1F. The van der Waals surface area contributed by atoms with E-state index in [1.54, 1.807) is 31.2 Å². The highest BCUT2D eigenvalue weighted by molar-refractivity contribution is 7.80. The zero-order valence-electron chi connectivity index (χ0n) is 10.8. The predicted octanol–water partition coefficient (Wildman–Crippen LogP) is 3.49. The Labute approximate surface area is 121 Å². The van der Waals surface area contributed by atoms with Crippen LogP contribution in [0.1, 0.15) is 16.7 Å². The lowest BCUT2D eigenvalue weighted by atomic mass is 10.1. The van der Waals surface area contributed by atoms with Gasteiger partial charge in [0, 0.05) is 11.1 Å². The standard InChI is InChI=1S/C15H13F2NOS/c1-9-4-2-7-12(13(9)16)19-8-10-5-3-6-11(14(10)17)15(18)20/h2-7H,8H2,1H3,(H2,18,20). The summed E-state index contributed by atoms with van der Waals surface area (Å²) in [5.74, 6) is -0.892. The smallest absolute Gasteiger partial charge is 0.167 e. The van der Waals surface area contributed by atoms with E-state index >= 15 is 0 Å². The molecule has 2 aromatic carbocycles. The topological polar surface area (TPSA) is 35.2 Å². The first-order chi connectivity index (χ1) is 9.50. The molecule has 0 heterocycles. The Bertz CT molecular complexity index is 658. The molecule has 104 valence electrons. The highest BCUT2D eigenvalue weighted by Crippen LogP contribution is 2.22. The zero-order chi connectivity index (χ0) is 14.7. The third-order valence-corrected chi connectivity index (χ3v) is 3.10. The van der Waals surface area contributed by atoms with Gasteiger partial charge < -0.3 is 10.5 Å². The molecule has 2 aromatic rings. The molecule has 0 aromatic heterocycles. The van der Waals surface area contributed by atoms with Gasteiger partial charge in [0.1, 0.15) is 17.4 Å². The van der Waals surface area contributed by atoms with E-state index in [1.807, 2.05) is 0 Å². The van der Waals surface area contributed by atoms with Crippen molar-refractivity contribution >= 4 is 17.2 Å². The van der Waals surface area contributed by atoms with E-state index in [9.17, 15) is 8.78 Å². The van der Waals surface area contributed by atoms with Gasteiger partial charge in [-0.2, -0.15) is 0 Å². The van der Waals surface area contributed by atoms with Gasteiger partial charge in [0.05, 0.1) is 0 Å². The van der Waals surface area contributed by atoms with Crippen molar-refractivity contribution in [3.8, 4) is 5.75 Å². The number of rotatable bonds is 4. The van der Waals surface area contributed by atoms with Crippen molar-refractivity contribution in [2.75, 3.05) is 0 Å². The van der Waals surface area contributed by atoms with Gasteiger partial charge in [-0.05, 0) is 24.6 Å². The van der Waals surface area contributed by atoms with Crippen molar-refractivity contribution in [2.24, 2.45) is 5.73 Å². The van der Waals surface area contributed by atoms with Crippen molar-refractivity contribution in [2.45, 2.75) is 13.5 Å². The molecule has 0 bridgehead atoms. The first-order valence-electron chi connectivity index (χ1n) is 5.96. The lowest BCUT2D eigenvalue weighted by Crippen LogP contribution is -2.13. The number of aryl methyl sites for hydroxylation is 1. The van der Waals surface area contributed by atoms with E-state index in [0.29, 0.717) is 5.56 Å². The fourth-order valence-electron chi connectivity index (χ4n) is 1.77. The molecule has 0 saturated heterocycles. The summed E-state index contributed by atoms with van der Waals surface area (Å²) in [7, 11) is 0. The summed E-state index contributed by atoms with van der Waals surface area (Å²) in [6.07, 6.45) is 0. The second-order valence-corrected chi connectivity index (χ2v) is 4.76. The molecule has 2 rings (SSSR count). The molecule has 20 heavy (non-hydrogen) atoms. The predicted molar refractivity (Wildman–Crippen MR) is 77.8 cm³/mol. The van der Waals surface area contributed by atoms with Crippen molar-refractivity contribution in [3.05, 3.63) is 64.7 Å². The third kappa shape index (κ3) is 2.93. The molecule has 0 radical (unpaired) electrons. The lowest BCUT2D eigenvalue weighted by molar-refractivity contribution is 0.284. The van der Waals surface area contributed by atoms with Gasteiger partial charge in [0.15, 0.2) is 11.6 Å². The van der Waals surface area contributed by atoms with E-state index in [0.717, 1.165) is 0 Å². The highest BCUT2D eigenvalue weighted by Gasteiger charge is 2.12. The summed E-state index contributed by atoms with van der Waals surface area (Å²) in [5.41, 5.74) is 6.33. The molecule has 0 fully saturated rings. The summed E-state index contributed by atoms with van der Waals surface area (Å²) in [4.78, 5) is -0.0221. The molecule has 0 aliphatic carbocycles. The molecule has 0 atom stereocenters. The second kappa shape index (κ2) is 5.96. The Kier molecular flexibility index (Phi) is 4.29. The molecular weight excluding hydrogens is 280 g/mol. The van der Waals surface area contributed by atoms with E-state index in [2.05, 4.69) is 0 Å². The van der Waals surface area contributed by atoms with Crippen LogP contribution in [0.5, 0.6) is 5.75 Å². The van der Waals surface area contributed by atoms with Crippen LogP contribution in [0.2, 0.25) is 0 Å². The van der Waals surface area contributed by atoms with Crippen LogP contribution in [-0.4, -0.2) is 4.99 Å². The van der Waals surface area contributed by atoms with Gasteiger partial charge in [0.25, 0.3) is 0 Å². The van der Waals surface area contributed by atoms with Crippen LogP contribution in [0.25, 0.3) is 0 Å². The average molecular weight is 293 g/mol. The number of ether oxygens (including phenoxy) is 1. The monoisotopic (exact) mass is 293 g/mol. The summed E-state index contributed by atoms with van der Waals surface area (Å²) < 4.78 is 33.1. The van der Waals surface area contributed by atoms with Crippen LogP contribution < -0.4 is 10.5 Å². The number of benzene rings is 2. The number of nitrogens with two attached hydrogens (primary N) is 1. The Morgan fingerprint density at radius 3 is 2.55 bits per heavy atom. The number of hydrogen-bond acceptors (Lipinski definition) is 2. The number of hydrogen-bond donors (Lipinski definition) is 1. The molecule has 0 saturated carbocycles. The maximum atomic E-state index is 14.1. The van der Waals surface area contributed by atoms with Crippen molar-refractivity contribution < 1.29 is 13.5 Å². The van der Waals surface area contributed by atoms with E-state index in [-0.39, 0.29) is 28.5 Å². The summed E-state index contributed by atoms with van der Waals surface area (Å²) in [6, 6.07) is 9.48. The van der Waals surface area contributed by atoms with Crippen LogP contribution >= 0.6 is 12.2 Å². The first kappa shape index (κ1) is 14.4. The molecule has 2 nitrogen and oxygen atoms in total. The third-order valence-electron chi connectivity index (χ3n) is 2.88. The Morgan fingerprint density at radius 2 is 1.85 bits per heavy atom. The van der Waals surface area contributed by atoms with Crippen molar-refractivity contribution in [1.29, 1.82) is 0 Å². The first-order valence-corrected chi connectivity index (χ1v) is 6.36. The molecule has 0 unspecified atom stereocenters. The maximum absolute atomic E-state index is 14.1. The normalized spacial score (nSPS) is 10.3. The minimum Gasteiger partial charge on any atom is -0.486 e. The van der Waals surface area contributed by atoms with E-state index < -0.39 is 11.6 Å². The van der Waals surface area contributed by atoms with Gasteiger partial charge in [-0.3, -0.25) is 0 Å². The average Bonchev–Trinajstić information content (AvgIpc) is 2.41. The number of halogens is 2. The quantitative estimate of drug-likeness (QED) is 0.877. The molecule has 0 spiro atoms. The largest absolute Gasteiger partial charge is 0.486 e. The van der Waals surface area contributed by atoms with Gasteiger partial charge >= 0.3 is 0 Å². The number of thiocarbonyl (C=S) groups is 1. The fourth-order valence-corrected chi connectivity index (χ4v) is 1.93. The van der Waals surface area contributed by atoms with Crippen molar-refractivity contribution in [1.82, 2.24) is 0 Å². The summed E-state index contributed by atoms with van der Waals surface area (Å²) >= 11 is 4.76. The lowest BCUT2D eigenvalue weighted by Gasteiger charge is -2.10. The summed E-state index contributed by atoms with van der Waals surface area (Å²) in [6.45, 7) is 1.54. The molecular formula is C15H13F2NOS. The molecule has 0 aliphatic heterocycles. The van der Waals surface area contributed by atoms with Gasteiger partial charge in [-0.25, -0.2) is 8.78 Å². The second-order valence-electron chi connectivity index (χ2n) is 4.32. The Hall–Kier alpha value is -2.01. The van der Waals surface area contributed by atoms with Gasteiger partial charge in [0.2, 0.25) is 0 Å². The van der Waals surface area contributed by atoms with Crippen molar-refractivity contribution in [3.63, 3.8) is 0 Å². The Morgan fingerprint density at radius 1 is 1.15 bits per heavy atom. The van der Waals surface area contributed by atoms with Crippen LogP contribution in [0, 0.1) is 18.6 Å². The molecule has 0 amide bonds. The minimum absolute atomic E-state index is 0.0221. The van der Waals surface area contributed by atoms with E-state index in [1.165, 1.54) is 12.1 Å². The molecule has 0 aliphatic rings. The maximum Gasteiger partial charge on any atom is 0.167 e. The van der Waals surface area contributed by atoms with Gasteiger partial charge in [-0.15, -0.1) is 0 Å². The van der Waals surface area contributed by atoms with Gasteiger partial charge in [-0.1, -0.05) is 36.5 Å². The minimum atomic E-state index is -0.534. The highest BCUT2D eigenvalue weighted by atomic mass is 32.1. The Balaban J connectivity index is 2.21. The fraction of sp³-hybridized carbons (Fsp3) is 0.133. The van der Waals surface area contributed by atoms with E-state index in [4.69, 9.17) is 22.7 Å². The van der Waals surface area contributed by atoms with Crippen LogP contribution in [0.3, 0.4) is 0 Å². The van der Waals surface area contributed by atoms with Crippen LogP contribution in [0.4, 0.5) is 8.78 Å².